The number of rotatable bonds is 5. The van der Waals surface area contributed by atoms with E-state index >= 15 is 0 Å². The van der Waals surface area contributed by atoms with Gasteiger partial charge in [0, 0.05) is 0 Å². The molecule has 2 rings (SSSR count). The zero-order valence-electron chi connectivity index (χ0n) is 11.0. The molecule has 2 N–H and O–H groups in total. The monoisotopic (exact) mass is 434 g/mol. The van der Waals surface area contributed by atoms with Gasteiger partial charge in [-0.25, -0.2) is 0 Å². The van der Waals surface area contributed by atoms with Crippen LogP contribution in [0.15, 0.2) is 0 Å². The topological polar surface area (TPSA) is 26.0 Å². The molecule has 0 amide bonds. The average molecular weight is 434 g/mol. The fraction of sp³-hybridized carbons (Fsp3) is 1.00. The van der Waals surface area contributed by atoms with Crippen molar-refractivity contribution >= 4 is 7.92 Å². The molecule has 2 fully saturated rings. The molecule has 0 unspecified atom stereocenters. The Bertz CT molecular complexity index is 182. The predicted molar refractivity (Wildman–Crippen MR) is 74.5 cm³/mol. The molecule has 0 aromatic rings. The minimum absolute atomic E-state index is 0.0738. The molecule has 0 heterocycles. The molecular formula is C14H28IrNP. The van der Waals surface area contributed by atoms with Gasteiger partial charge in [0.2, 0.25) is 0 Å². The van der Waals surface area contributed by atoms with Crippen LogP contribution in [0.3, 0.4) is 0 Å². The van der Waals surface area contributed by atoms with E-state index in [1.54, 1.807) is 31.8 Å². The van der Waals surface area contributed by atoms with Crippen LogP contribution < -0.4 is 4.40 Å². The summed E-state index contributed by atoms with van der Waals surface area (Å²) in [5.74, 6) is 0. The summed E-state index contributed by atoms with van der Waals surface area (Å²) in [6, 6.07) is 0. The number of hydrogen-bond donors (Lipinski definition) is 1. The average Bonchev–Trinajstić information content (AvgIpc) is 2.42. The van der Waals surface area contributed by atoms with E-state index in [1.165, 1.54) is 43.5 Å². The quantitative estimate of drug-likeness (QED) is 0.635. The van der Waals surface area contributed by atoms with Gasteiger partial charge in [-0.1, -0.05) is 0 Å². The van der Waals surface area contributed by atoms with Gasteiger partial charge in [0.05, 0.1) is 0 Å². The predicted octanol–water partition coefficient (Wildman–Crippen LogP) is 4.51. The van der Waals surface area contributed by atoms with Crippen molar-refractivity contribution in [2.75, 3.05) is 6.16 Å². The first-order valence-electron chi connectivity index (χ1n) is 7.39. The molecular weight excluding hydrogens is 405 g/mol. The van der Waals surface area contributed by atoms with Crippen molar-refractivity contribution in [3.8, 4) is 0 Å². The molecule has 0 bridgehead atoms. The molecule has 0 spiro atoms. The third kappa shape index (κ3) is 4.57. The summed E-state index contributed by atoms with van der Waals surface area (Å²) in [5, 5.41) is 0. The van der Waals surface area contributed by atoms with Crippen LogP contribution in [0.4, 0.5) is 0 Å². The second-order valence-electron chi connectivity index (χ2n) is 5.62. The molecule has 2 saturated carbocycles. The first-order chi connectivity index (χ1) is 8.42. The normalized spacial score (nSPS) is 24.6. The Hall–Kier alpha value is 1.04. The van der Waals surface area contributed by atoms with E-state index < -0.39 is 0 Å². The van der Waals surface area contributed by atoms with Crippen molar-refractivity contribution in [2.45, 2.75) is 80.5 Å². The third-order valence-electron chi connectivity index (χ3n) is 4.52. The van der Waals surface area contributed by atoms with Gasteiger partial charge in [-0.05, 0) is 0 Å². The Morgan fingerprint density at radius 2 is 1.29 bits per heavy atom. The molecule has 0 aliphatic heterocycles. The maximum atomic E-state index is 5.87. The minimum atomic E-state index is -0.0738. The summed E-state index contributed by atoms with van der Waals surface area (Å²) in [7, 11) is 0.348. The van der Waals surface area contributed by atoms with Crippen LogP contribution in [0, 0.1) is 0 Å². The van der Waals surface area contributed by atoms with Crippen LogP contribution in [0.5, 0.6) is 0 Å². The molecule has 3 heteroatoms. The van der Waals surface area contributed by atoms with Gasteiger partial charge in [0.25, 0.3) is 0 Å². The van der Waals surface area contributed by atoms with E-state index in [1.807, 2.05) is 0 Å². The van der Waals surface area contributed by atoms with Crippen molar-refractivity contribution in [3.05, 3.63) is 0 Å². The third-order valence-corrected chi connectivity index (χ3v) is 10.4. The van der Waals surface area contributed by atoms with Crippen LogP contribution in [-0.2, 0) is 17.9 Å². The van der Waals surface area contributed by atoms with Gasteiger partial charge in [-0.15, -0.1) is 0 Å². The van der Waals surface area contributed by atoms with Crippen LogP contribution in [0.1, 0.15) is 64.2 Å². The molecule has 2 aliphatic rings. The van der Waals surface area contributed by atoms with Gasteiger partial charge in [0.15, 0.2) is 0 Å². The van der Waals surface area contributed by atoms with E-state index in [-0.39, 0.29) is 17.9 Å². The van der Waals surface area contributed by atoms with Gasteiger partial charge >= 0.3 is 117 Å². The molecule has 17 heavy (non-hydrogen) atoms. The van der Waals surface area contributed by atoms with E-state index in [0.29, 0.717) is 7.92 Å². The van der Waals surface area contributed by atoms with E-state index in [4.69, 9.17) is 4.40 Å². The summed E-state index contributed by atoms with van der Waals surface area (Å²) >= 11 is -0.0738. The van der Waals surface area contributed by atoms with Crippen LogP contribution >= 0.6 is 7.92 Å². The Labute approximate surface area is 117 Å². The van der Waals surface area contributed by atoms with Crippen molar-refractivity contribution < 1.29 is 17.9 Å². The zero-order valence-corrected chi connectivity index (χ0v) is 14.3. The summed E-state index contributed by atoms with van der Waals surface area (Å²) < 4.78 is 5.87. The second-order valence-corrected chi connectivity index (χ2v) is 10.7. The first-order valence-corrected chi connectivity index (χ1v) is 12.1. The molecule has 0 saturated heterocycles. The number of hydrogen-bond acceptors (Lipinski definition) is 1. The Balaban J connectivity index is 1.90. The first kappa shape index (κ1) is 14.4. The maximum absolute atomic E-state index is 5.87. The number of nitrogens with two attached hydrogens (primary N) is 1. The summed E-state index contributed by atoms with van der Waals surface area (Å²) in [5.41, 5.74) is 2.28. The Morgan fingerprint density at radius 3 is 1.71 bits per heavy atom. The zero-order chi connectivity index (χ0) is 11.9. The van der Waals surface area contributed by atoms with E-state index in [2.05, 4.69) is 0 Å². The SMILES string of the molecule is [NH2][Ir][CH2]CP(C1CCCCC1)C1CCCCC1. The summed E-state index contributed by atoms with van der Waals surface area (Å²) in [6.07, 6.45) is 16.9. The van der Waals surface area contributed by atoms with Crippen molar-refractivity contribution in [1.82, 2.24) is 0 Å². The van der Waals surface area contributed by atoms with Crippen molar-refractivity contribution in [3.63, 3.8) is 0 Å². The van der Waals surface area contributed by atoms with Gasteiger partial charge in [-0.3, -0.25) is 0 Å². The second kappa shape index (κ2) is 8.26. The Kier molecular flexibility index (Phi) is 7.02. The van der Waals surface area contributed by atoms with Gasteiger partial charge < -0.3 is 0 Å². The van der Waals surface area contributed by atoms with Crippen molar-refractivity contribution in [2.24, 2.45) is 4.40 Å². The molecule has 0 atom stereocenters. The van der Waals surface area contributed by atoms with Gasteiger partial charge in [0.1, 0.15) is 0 Å². The molecule has 0 radical (unpaired) electrons. The summed E-state index contributed by atoms with van der Waals surface area (Å²) in [4.78, 5) is 1.42. The molecule has 103 valence electrons. The molecule has 0 aromatic carbocycles. The van der Waals surface area contributed by atoms with E-state index in [0.717, 1.165) is 11.3 Å². The van der Waals surface area contributed by atoms with E-state index in [9.17, 15) is 0 Å². The molecule has 1 nitrogen and oxygen atoms in total. The molecule has 2 aliphatic carbocycles. The molecule has 0 aromatic heterocycles. The fourth-order valence-corrected chi connectivity index (χ4v) is 10.0. The van der Waals surface area contributed by atoms with Crippen LogP contribution in [-0.4, -0.2) is 17.5 Å². The van der Waals surface area contributed by atoms with Crippen LogP contribution in [0.2, 0.25) is 4.93 Å². The Morgan fingerprint density at radius 1 is 0.824 bits per heavy atom. The standard InChI is InChI=1S/C14H26P.Ir.H2N/c1-2-15(13-9-5-3-6-10-13)14-11-7-4-8-12-14;;/h13-14H,1-12H2;;1H2/q;+1;-1. The van der Waals surface area contributed by atoms with Gasteiger partial charge in [-0.2, -0.15) is 0 Å². The summed E-state index contributed by atoms with van der Waals surface area (Å²) in [6.45, 7) is 0. The van der Waals surface area contributed by atoms with Crippen LogP contribution in [0.25, 0.3) is 0 Å². The fourth-order valence-electron chi connectivity index (χ4n) is 3.62. The van der Waals surface area contributed by atoms with Crippen molar-refractivity contribution in [1.29, 1.82) is 0 Å².